The predicted octanol–water partition coefficient (Wildman–Crippen LogP) is 2.52. The maximum atomic E-state index is 12.2. The average molecular weight is 361 g/mol. The lowest BCUT2D eigenvalue weighted by Gasteiger charge is -2.14. The van der Waals surface area contributed by atoms with Crippen molar-refractivity contribution in [1.29, 1.82) is 0 Å². The lowest BCUT2D eigenvalue weighted by molar-refractivity contribution is 0.304. The van der Waals surface area contributed by atoms with Gasteiger partial charge < -0.3 is 9.84 Å². The van der Waals surface area contributed by atoms with E-state index in [9.17, 15) is 9.90 Å². The highest BCUT2D eigenvalue weighted by Gasteiger charge is 2.14. The van der Waals surface area contributed by atoms with E-state index < -0.39 is 0 Å². The molecular formula is C17H17ClN4O3. The van der Waals surface area contributed by atoms with Crippen molar-refractivity contribution < 1.29 is 9.84 Å². The molecule has 0 spiro atoms. The number of aromatic nitrogens is 4. The van der Waals surface area contributed by atoms with Crippen LogP contribution >= 0.6 is 11.6 Å². The molecule has 0 fully saturated rings. The summed E-state index contributed by atoms with van der Waals surface area (Å²) in [6.07, 6.45) is 0. The van der Waals surface area contributed by atoms with Crippen molar-refractivity contribution in [3.05, 3.63) is 62.5 Å². The van der Waals surface area contributed by atoms with Gasteiger partial charge in [0.05, 0.1) is 10.7 Å². The van der Waals surface area contributed by atoms with Gasteiger partial charge in [0.2, 0.25) is 0 Å². The first-order valence-corrected chi connectivity index (χ1v) is 7.96. The van der Waals surface area contributed by atoms with E-state index in [1.807, 2.05) is 19.1 Å². The van der Waals surface area contributed by atoms with Gasteiger partial charge in [-0.2, -0.15) is 9.36 Å². The van der Waals surface area contributed by atoms with Crippen LogP contribution in [0.3, 0.4) is 0 Å². The van der Waals surface area contributed by atoms with E-state index in [-0.39, 0.29) is 18.0 Å². The predicted molar refractivity (Wildman–Crippen MR) is 93.5 cm³/mol. The van der Waals surface area contributed by atoms with Crippen LogP contribution in [0.4, 0.5) is 0 Å². The second kappa shape index (κ2) is 6.60. The molecule has 0 unspecified atom stereocenters. The molecule has 3 aromatic rings. The fraction of sp³-hybridized carbons (Fsp3) is 0.235. The van der Waals surface area contributed by atoms with Crippen LogP contribution in [0.15, 0.2) is 35.1 Å². The zero-order chi connectivity index (χ0) is 18.1. The van der Waals surface area contributed by atoms with Crippen molar-refractivity contribution in [3.63, 3.8) is 0 Å². The van der Waals surface area contributed by atoms with Crippen LogP contribution in [-0.4, -0.2) is 24.9 Å². The molecule has 0 aliphatic carbocycles. The van der Waals surface area contributed by atoms with Crippen LogP contribution in [0.25, 0.3) is 5.69 Å². The first-order chi connectivity index (χ1) is 11.9. The van der Waals surface area contributed by atoms with Crippen molar-refractivity contribution in [2.75, 3.05) is 0 Å². The number of tetrazole rings is 1. The fourth-order valence-electron chi connectivity index (χ4n) is 2.44. The molecule has 1 aromatic heterocycles. The van der Waals surface area contributed by atoms with Crippen molar-refractivity contribution >= 4 is 11.6 Å². The maximum absolute atomic E-state index is 12.2. The standard InChI is InChI=1S/C17H17ClN4O3/c1-10-5-4-6-14(22-17(24)21(3)19-20-22)12(10)9-25-16-7-11(2)15(23)8-13(16)18/h4-8,23H,9H2,1-3H3. The van der Waals surface area contributed by atoms with Crippen molar-refractivity contribution in [3.8, 4) is 17.2 Å². The molecule has 8 heteroatoms. The monoisotopic (exact) mass is 360 g/mol. The number of benzene rings is 2. The van der Waals surface area contributed by atoms with Crippen LogP contribution in [-0.2, 0) is 13.7 Å². The Labute approximate surface area is 149 Å². The number of rotatable bonds is 4. The van der Waals surface area contributed by atoms with Crippen LogP contribution < -0.4 is 10.4 Å². The number of nitrogens with zero attached hydrogens (tertiary/aromatic N) is 4. The minimum Gasteiger partial charge on any atom is -0.508 e. The molecule has 25 heavy (non-hydrogen) atoms. The number of halogens is 1. The molecule has 0 saturated carbocycles. The first kappa shape index (κ1) is 17.0. The molecule has 130 valence electrons. The first-order valence-electron chi connectivity index (χ1n) is 7.58. The van der Waals surface area contributed by atoms with Gasteiger partial charge in [0.15, 0.2) is 0 Å². The van der Waals surface area contributed by atoms with Gasteiger partial charge in [0.25, 0.3) is 0 Å². The molecule has 3 rings (SSSR count). The van der Waals surface area contributed by atoms with Crippen molar-refractivity contribution in [2.24, 2.45) is 7.05 Å². The number of aryl methyl sites for hydroxylation is 3. The fourth-order valence-corrected chi connectivity index (χ4v) is 2.66. The molecule has 0 amide bonds. The third-order valence-corrected chi connectivity index (χ3v) is 4.25. The van der Waals surface area contributed by atoms with Gasteiger partial charge in [-0.3, -0.25) is 0 Å². The third kappa shape index (κ3) is 3.23. The molecule has 0 aliphatic rings. The van der Waals surface area contributed by atoms with Crippen molar-refractivity contribution in [2.45, 2.75) is 20.5 Å². The second-order valence-corrected chi connectivity index (χ2v) is 6.13. The Morgan fingerprint density at radius 2 is 1.96 bits per heavy atom. The Morgan fingerprint density at radius 3 is 2.64 bits per heavy atom. The van der Waals surface area contributed by atoms with Gasteiger partial charge in [-0.15, -0.1) is 0 Å². The summed E-state index contributed by atoms with van der Waals surface area (Å²) in [6.45, 7) is 3.87. The van der Waals surface area contributed by atoms with Gasteiger partial charge >= 0.3 is 5.69 Å². The molecule has 0 bridgehead atoms. The number of aromatic hydroxyl groups is 1. The highest BCUT2D eigenvalue weighted by atomic mass is 35.5. The molecular weight excluding hydrogens is 344 g/mol. The SMILES string of the molecule is Cc1cc(OCc2c(C)cccc2-n2nnn(C)c2=O)c(Cl)cc1O. The summed E-state index contributed by atoms with van der Waals surface area (Å²) in [6, 6.07) is 8.66. The van der Waals surface area contributed by atoms with E-state index in [4.69, 9.17) is 16.3 Å². The van der Waals surface area contributed by atoms with Crippen LogP contribution in [0.1, 0.15) is 16.7 Å². The topological polar surface area (TPSA) is 82.2 Å². The van der Waals surface area contributed by atoms with Gasteiger partial charge in [-0.1, -0.05) is 23.7 Å². The molecule has 0 atom stereocenters. The minimum atomic E-state index is -0.342. The lowest BCUT2D eigenvalue weighted by Crippen LogP contribution is -2.23. The number of ether oxygens (including phenoxy) is 1. The highest BCUT2D eigenvalue weighted by molar-refractivity contribution is 6.32. The molecule has 0 saturated heterocycles. The number of phenols is 1. The van der Waals surface area contributed by atoms with Gasteiger partial charge in [0.1, 0.15) is 18.1 Å². The number of hydrogen-bond acceptors (Lipinski definition) is 5. The molecule has 1 N–H and O–H groups in total. The van der Waals surface area contributed by atoms with Gasteiger partial charge in [0, 0.05) is 18.7 Å². The average Bonchev–Trinajstić information content (AvgIpc) is 2.90. The van der Waals surface area contributed by atoms with E-state index in [0.717, 1.165) is 15.8 Å². The Hall–Kier alpha value is -2.80. The third-order valence-electron chi connectivity index (χ3n) is 3.96. The molecule has 7 nitrogen and oxygen atoms in total. The molecule has 0 aliphatic heterocycles. The van der Waals surface area contributed by atoms with E-state index >= 15 is 0 Å². The van der Waals surface area contributed by atoms with Crippen LogP contribution in [0.5, 0.6) is 11.5 Å². The molecule has 1 heterocycles. The summed E-state index contributed by atoms with van der Waals surface area (Å²) < 4.78 is 8.23. The Kier molecular flexibility index (Phi) is 4.50. The quantitative estimate of drug-likeness (QED) is 0.773. The van der Waals surface area contributed by atoms with E-state index in [1.54, 1.807) is 19.1 Å². The van der Waals surface area contributed by atoms with Crippen LogP contribution in [0.2, 0.25) is 5.02 Å². The van der Waals surface area contributed by atoms with E-state index in [1.165, 1.54) is 17.8 Å². The highest BCUT2D eigenvalue weighted by Crippen LogP contribution is 2.32. The largest absolute Gasteiger partial charge is 0.508 e. The van der Waals surface area contributed by atoms with Gasteiger partial charge in [-0.25, -0.2) is 4.79 Å². The summed E-state index contributed by atoms with van der Waals surface area (Å²) in [5.74, 6) is 0.567. The Morgan fingerprint density at radius 1 is 1.20 bits per heavy atom. The molecule has 2 aromatic carbocycles. The number of hydrogen-bond donors (Lipinski definition) is 1. The summed E-state index contributed by atoms with van der Waals surface area (Å²) in [4.78, 5) is 12.2. The van der Waals surface area contributed by atoms with Crippen molar-refractivity contribution in [1.82, 2.24) is 19.8 Å². The maximum Gasteiger partial charge on any atom is 0.368 e. The zero-order valence-electron chi connectivity index (χ0n) is 14.0. The summed E-state index contributed by atoms with van der Waals surface area (Å²) >= 11 is 6.13. The van der Waals surface area contributed by atoms with E-state index in [2.05, 4.69) is 10.4 Å². The number of phenolic OH excluding ortho intramolecular Hbond substituents is 1. The zero-order valence-corrected chi connectivity index (χ0v) is 14.8. The lowest BCUT2D eigenvalue weighted by atomic mass is 10.1. The summed E-state index contributed by atoms with van der Waals surface area (Å²) in [7, 11) is 1.54. The van der Waals surface area contributed by atoms with Gasteiger partial charge in [-0.05, 0) is 47.5 Å². The normalized spacial score (nSPS) is 10.9. The summed E-state index contributed by atoms with van der Waals surface area (Å²) in [5, 5.41) is 17.6. The Balaban J connectivity index is 1.97. The minimum absolute atomic E-state index is 0.111. The van der Waals surface area contributed by atoms with E-state index in [0.29, 0.717) is 22.0 Å². The Bertz CT molecular complexity index is 994. The smallest absolute Gasteiger partial charge is 0.368 e. The summed E-state index contributed by atoms with van der Waals surface area (Å²) in [5.41, 5.74) is 2.67. The second-order valence-electron chi connectivity index (χ2n) is 5.73. The molecule has 0 radical (unpaired) electrons. The van der Waals surface area contributed by atoms with Crippen LogP contribution in [0, 0.1) is 13.8 Å².